The molecule has 0 bridgehead atoms. The topological polar surface area (TPSA) is 18.5 Å². The van der Waals surface area contributed by atoms with Gasteiger partial charge >= 0.3 is 0 Å². The number of hydrogen-bond donors (Lipinski definition) is 0. The predicted octanol–water partition coefficient (Wildman–Crippen LogP) is 7.32. The molecule has 29 heavy (non-hydrogen) atoms. The van der Waals surface area contributed by atoms with Gasteiger partial charge in [0.25, 0.3) is 0 Å². The van der Waals surface area contributed by atoms with Crippen molar-refractivity contribution in [3.8, 4) is 0 Å². The fourth-order valence-electron chi connectivity index (χ4n) is 6.45. The molecule has 0 N–H and O–H groups in total. The summed E-state index contributed by atoms with van der Waals surface area (Å²) in [6.07, 6.45) is 22.5. The van der Waals surface area contributed by atoms with Crippen molar-refractivity contribution in [1.29, 1.82) is 0 Å². The zero-order valence-electron chi connectivity index (χ0n) is 19.2. The Balaban J connectivity index is 1.09. The lowest BCUT2D eigenvalue weighted by Crippen LogP contribution is -2.35. The van der Waals surface area contributed by atoms with Crippen LogP contribution in [0.15, 0.2) is 11.6 Å². The third kappa shape index (κ3) is 6.57. The van der Waals surface area contributed by atoms with Gasteiger partial charge in [0.05, 0.1) is 18.8 Å². The molecule has 5 unspecified atom stereocenters. The molecule has 1 saturated carbocycles. The Hall–Kier alpha value is -0.340. The van der Waals surface area contributed by atoms with E-state index in [1.807, 2.05) is 0 Å². The fraction of sp³-hybridized carbons (Fsp3) is 0.926. The van der Waals surface area contributed by atoms with Crippen LogP contribution in [0.1, 0.15) is 104 Å². The summed E-state index contributed by atoms with van der Waals surface area (Å²) in [5.74, 6) is 4.49. The fourth-order valence-corrected chi connectivity index (χ4v) is 6.45. The van der Waals surface area contributed by atoms with Crippen molar-refractivity contribution in [3.63, 3.8) is 0 Å². The lowest BCUT2D eigenvalue weighted by molar-refractivity contribution is -0.0842. The van der Waals surface area contributed by atoms with E-state index in [9.17, 15) is 0 Å². The van der Waals surface area contributed by atoms with Crippen molar-refractivity contribution in [3.05, 3.63) is 11.6 Å². The molecule has 4 aliphatic rings. The largest absolute Gasteiger partial charge is 0.378 e. The van der Waals surface area contributed by atoms with Gasteiger partial charge in [-0.1, -0.05) is 50.7 Å². The Labute approximate surface area is 180 Å². The first-order valence-electron chi connectivity index (χ1n) is 13.0. The van der Waals surface area contributed by atoms with Crippen molar-refractivity contribution in [2.45, 2.75) is 116 Å². The summed E-state index contributed by atoms with van der Waals surface area (Å²) in [4.78, 5) is 0. The molecule has 0 aromatic rings. The highest BCUT2D eigenvalue weighted by Crippen LogP contribution is 2.37. The molecule has 166 valence electrons. The highest BCUT2D eigenvalue weighted by Gasteiger charge is 2.31. The molecule has 2 nitrogen and oxygen atoms in total. The minimum absolute atomic E-state index is 0.456. The van der Waals surface area contributed by atoms with E-state index in [1.165, 1.54) is 83.5 Å². The third-order valence-electron chi connectivity index (χ3n) is 8.86. The molecule has 2 heteroatoms. The Morgan fingerprint density at radius 3 is 2.07 bits per heavy atom. The second kappa shape index (κ2) is 10.8. The van der Waals surface area contributed by atoms with Gasteiger partial charge in [-0.3, -0.25) is 0 Å². The summed E-state index contributed by atoms with van der Waals surface area (Å²) < 4.78 is 12.7. The molecule has 0 radical (unpaired) electrons. The van der Waals surface area contributed by atoms with Gasteiger partial charge in [-0.05, 0) is 94.3 Å². The minimum Gasteiger partial charge on any atom is -0.378 e. The van der Waals surface area contributed by atoms with Crippen LogP contribution in [0.4, 0.5) is 0 Å². The Kier molecular flexibility index (Phi) is 8.15. The van der Waals surface area contributed by atoms with Crippen molar-refractivity contribution in [2.75, 3.05) is 13.2 Å². The van der Waals surface area contributed by atoms with Crippen LogP contribution < -0.4 is 0 Å². The van der Waals surface area contributed by atoms with E-state index in [2.05, 4.69) is 19.9 Å². The molecule has 2 saturated heterocycles. The molecule has 2 heterocycles. The number of allylic oxidation sites excluding steroid dienone is 2. The van der Waals surface area contributed by atoms with Gasteiger partial charge in [-0.15, -0.1) is 0 Å². The SMILES string of the molecule is CC1=CCC(C2CCC(CC3CCC(CCC4CCC(C)CC4)CO3)OC2)CC1. The van der Waals surface area contributed by atoms with Gasteiger partial charge in [0.15, 0.2) is 0 Å². The van der Waals surface area contributed by atoms with E-state index in [0.717, 1.165) is 49.2 Å². The quantitative estimate of drug-likeness (QED) is 0.433. The zero-order valence-corrected chi connectivity index (χ0v) is 19.2. The molecular weight excluding hydrogens is 356 g/mol. The van der Waals surface area contributed by atoms with Crippen molar-refractivity contribution in [1.82, 2.24) is 0 Å². The normalized spacial score (nSPS) is 41.7. The highest BCUT2D eigenvalue weighted by atomic mass is 16.5. The summed E-state index contributed by atoms with van der Waals surface area (Å²) in [5.41, 5.74) is 1.59. The van der Waals surface area contributed by atoms with Crippen molar-refractivity contribution < 1.29 is 9.47 Å². The van der Waals surface area contributed by atoms with Crippen LogP contribution in [0.5, 0.6) is 0 Å². The van der Waals surface area contributed by atoms with Gasteiger partial charge in [0.1, 0.15) is 0 Å². The van der Waals surface area contributed by atoms with Crippen LogP contribution in [0.25, 0.3) is 0 Å². The summed E-state index contributed by atoms with van der Waals surface area (Å²) in [6, 6.07) is 0. The van der Waals surface area contributed by atoms with Gasteiger partial charge < -0.3 is 9.47 Å². The van der Waals surface area contributed by atoms with Crippen LogP contribution in [-0.2, 0) is 9.47 Å². The van der Waals surface area contributed by atoms with E-state index < -0.39 is 0 Å². The molecule has 2 aliphatic carbocycles. The maximum absolute atomic E-state index is 6.34. The molecule has 0 spiro atoms. The van der Waals surface area contributed by atoms with Gasteiger partial charge in [0, 0.05) is 6.61 Å². The average molecular weight is 403 g/mol. The van der Waals surface area contributed by atoms with E-state index >= 15 is 0 Å². The van der Waals surface area contributed by atoms with Crippen LogP contribution in [-0.4, -0.2) is 25.4 Å². The Morgan fingerprint density at radius 1 is 0.759 bits per heavy atom. The number of rotatable bonds is 6. The smallest absolute Gasteiger partial charge is 0.0600 e. The second-order valence-corrected chi connectivity index (χ2v) is 11.2. The summed E-state index contributed by atoms with van der Waals surface area (Å²) in [5, 5.41) is 0. The number of hydrogen-bond acceptors (Lipinski definition) is 2. The first-order chi connectivity index (χ1) is 14.2. The van der Waals surface area contributed by atoms with Crippen LogP contribution in [0, 0.1) is 29.6 Å². The molecule has 2 aliphatic heterocycles. The van der Waals surface area contributed by atoms with E-state index in [0.29, 0.717) is 12.2 Å². The average Bonchev–Trinajstić information content (AvgIpc) is 2.76. The lowest BCUT2D eigenvalue weighted by Gasteiger charge is -2.37. The summed E-state index contributed by atoms with van der Waals surface area (Å²) >= 11 is 0. The van der Waals surface area contributed by atoms with Crippen molar-refractivity contribution in [2.24, 2.45) is 29.6 Å². The van der Waals surface area contributed by atoms with Crippen LogP contribution in [0.2, 0.25) is 0 Å². The first-order valence-corrected chi connectivity index (χ1v) is 13.0. The monoisotopic (exact) mass is 402 g/mol. The molecule has 0 aromatic carbocycles. The van der Waals surface area contributed by atoms with E-state index in [1.54, 1.807) is 5.57 Å². The molecular formula is C27H46O2. The van der Waals surface area contributed by atoms with Crippen LogP contribution >= 0.6 is 0 Å². The van der Waals surface area contributed by atoms with E-state index in [-0.39, 0.29) is 0 Å². The van der Waals surface area contributed by atoms with Crippen LogP contribution in [0.3, 0.4) is 0 Å². The summed E-state index contributed by atoms with van der Waals surface area (Å²) in [6.45, 7) is 6.72. The zero-order chi connectivity index (χ0) is 20.1. The van der Waals surface area contributed by atoms with Gasteiger partial charge in [0.2, 0.25) is 0 Å². The lowest BCUT2D eigenvalue weighted by atomic mass is 9.77. The summed E-state index contributed by atoms with van der Waals surface area (Å²) in [7, 11) is 0. The highest BCUT2D eigenvalue weighted by molar-refractivity contribution is 5.03. The Bertz CT molecular complexity index is 503. The molecule has 4 rings (SSSR count). The molecule has 0 amide bonds. The maximum Gasteiger partial charge on any atom is 0.0600 e. The standard InChI is InChI=1S/C27H46O2/c1-20-3-7-22(8-4-20)9-10-23-11-15-26(28-18-23)17-27-16-14-25(19-29-27)24-12-5-21(2)6-13-24/h5,20,22-27H,3-4,6-19H2,1-2H3. The molecule has 3 fully saturated rings. The van der Waals surface area contributed by atoms with E-state index in [4.69, 9.17) is 9.47 Å². The number of ether oxygens (including phenoxy) is 2. The van der Waals surface area contributed by atoms with Gasteiger partial charge in [-0.25, -0.2) is 0 Å². The maximum atomic E-state index is 6.34. The predicted molar refractivity (Wildman–Crippen MR) is 121 cm³/mol. The van der Waals surface area contributed by atoms with Crippen molar-refractivity contribution >= 4 is 0 Å². The Morgan fingerprint density at radius 2 is 1.45 bits per heavy atom. The molecule has 0 aromatic heterocycles. The third-order valence-corrected chi connectivity index (χ3v) is 8.86. The second-order valence-electron chi connectivity index (χ2n) is 11.2. The minimum atomic E-state index is 0.456. The van der Waals surface area contributed by atoms with Gasteiger partial charge in [-0.2, -0.15) is 0 Å². The molecule has 5 atom stereocenters. The first kappa shape index (κ1) is 21.9.